The molecule has 0 bridgehead atoms. The molecule has 1 saturated heterocycles. The fraction of sp³-hybridized carbons (Fsp3) is 0.455. The minimum Gasteiger partial charge on any atom is -0.297 e. The van der Waals surface area contributed by atoms with E-state index in [2.05, 4.69) is 11.1 Å². The molecule has 0 N–H and O–H groups in total. The van der Waals surface area contributed by atoms with Crippen LogP contribution in [0.5, 0.6) is 0 Å². The van der Waals surface area contributed by atoms with Crippen LogP contribution in [0.4, 0.5) is 0 Å². The summed E-state index contributed by atoms with van der Waals surface area (Å²) in [6.45, 7) is 0. The zero-order valence-corrected chi connectivity index (χ0v) is 11.2. The molecule has 0 spiro atoms. The number of fused-ring (bicyclic) bond motifs is 1. The normalized spacial score (nSPS) is 26.4. The summed E-state index contributed by atoms with van der Waals surface area (Å²) >= 11 is 1.52. The van der Waals surface area contributed by atoms with Gasteiger partial charge < -0.3 is 0 Å². The van der Waals surface area contributed by atoms with Crippen LogP contribution in [0.25, 0.3) is 4.96 Å². The van der Waals surface area contributed by atoms with E-state index in [1.165, 1.54) is 11.3 Å². The first-order chi connectivity index (χ1) is 8.52. The fourth-order valence-electron chi connectivity index (χ4n) is 2.39. The number of hydrogen-bond donors (Lipinski definition) is 0. The molecule has 0 amide bonds. The molecule has 2 aromatic rings. The van der Waals surface area contributed by atoms with Gasteiger partial charge in [0.05, 0.1) is 28.7 Å². The van der Waals surface area contributed by atoms with Crippen molar-refractivity contribution in [1.82, 2.24) is 9.38 Å². The van der Waals surface area contributed by atoms with E-state index in [0.717, 1.165) is 10.7 Å². The lowest BCUT2D eigenvalue weighted by molar-refractivity contribution is 0.447. The zero-order chi connectivity index (χ0) is 12.8. The predicted octanol–water partition coefficient (Wildman–Crippen LogP) is 1.27. The van der Waals surface area contributed by atoms with Crippen molar-refractivity contribution >= 4 is 26.1 Å². The average Bonchev–Trinajstić information content (AvgIpc) is 2.92. The monoisotopic (exact) mass is 281 g/mol. The summed E-state index contributed by atoms with van der Waals surface area (Å²) in [6, 6.07) is 2.19. The number of hydrogen-bond acceptors (Lipinski definition) is 5. The molecule has 5 nitrogen and oxygen atoms in total. The lowest BCUT2D eigenvalue weighted by Crippen LogP contribution is -2.23. The number of aromatic nitrogens is 2. The highest BCUT2D eigenvalue weighted by Crippen LogP contribution is 2.35. The van der Waals surface area contributed by atoms with Gasteiger partial charge in [0.1, 0.15) is 0 Å². The quantitative estimate of drug-likeness (QED) is 0.830. The summed E-state index contributed by atoms with van der Waals surface area (Å²) in [6.07, 6.45) is 4.60. The van der Waals surface area contributed by atoms with Crippen LogP contribution >= 0.6 is 11.3 Å². The maximum Gasteiger partial charge on any atom is 0.193 e. The van der Waals surface area contributed by atoms with E-state index in [-0.39, 0.29) is 11.5 Å². The molecular weight excluding hydrogens is 270 g/mol. The maximum atomic E-state index is 11.5. The molecule has 0 radical (unpaired) electrons. The Hall–Kier alpha value is -1.39. The van der Waals surface area contributed by atoms with Crippen molar-refractivity contribution in [3.63, 3.8) is 0 Å². The van der Waals surface area contributed by atoms with E-state index in [9.17, 15) is 13.7 Å². The number of sulfone groups is 1. The van der Waals surface area contributed by atoms with Crippen LogP contribution in [0.2, 0.25) is 0 Å². The molecule has 0 aliphatic carbocycles. The van der Waals surface area contributed by atoms with Gasteiger partial charge in [-0.15, -0.1) is 11.3 Å². The van der Waals surface area contributed by atoms with Gasteiger partial charge in [-0.05, 0) is 6.42 Å². The first kappa shape index (κ1) is 11.7. The Morgan fingerprint density at radius 2 is 2.44 bits per heavy atom. The molecule has 3 rings (SSSR count). The van der Waals surface area contributed by atoms with E-state index in [4.69, 9.17) is 0 Å². The summed E-state index contributed by atoms with van der Waals surface area (Å²) in [5.74, 6) is 0.0739. The van der Waals surface area contributed by atoms with Crippen LogP contribution in [0, 0.1) is 16.7 Å². The van der Waals surface area contributed by atoms with Gasteiger partial charge in [-0.1, -0.05) is 0 Å². The van der Waals surface area contributed by atoms with Crippen molar-refractivity contribution in [3.8, 4) is 6.07 Å². The highest BCUT2D eigenvalue weighted by molar-refractivity contribution is 7.91. The summed E-state index contributed by atoms with van der Waals surface area (Å²) in [4.78, 5) is 5.29. The first-order valence-corrected chi connectivity index (χ1v) is 8.25. The second-order valence-electron chi connectivity index (χ2n) is 4.74. The molecule has 0 aromatic carbocycles. The molecule has 0 saturated carbocycles. The smallest absolute Gasteiger partial charge is 0.193 e. The summed E-state index contributed by atoms with van der Waals surface area (Å²) in [5.41, 5.74) is 0.00330. The number of nitriles is 1. The van der Waals surface area contributed by atoms with E-state index in [1.807, 2.05) is 22.2 Å². The van der Waals surface area contributed by atoms with Crippen molar-refractivity contribution < 1.29 is 8.42 Å². The van der Waals surface area contributed by atoms with Crippen LogP contribution < -0.4 is 0 Å². The molecule has 7 heteroatoms. The summed E-state index contributed by atoms with van der Waals surface area (Å²) < 4.78 is 25.0. The topological polar surface area (TPSA) is 75.2 Å². The molecular formula is C11H11N3O2S2. The standard InChI is InChI=1S/C11H11N3O2S2/c12-7-11(1-4-18(15,16)8-11)5-9-6-14-2-3-17-10(14)13-9/h2-3,6H,1,4-5,8H2. The number of rotatable bonds is 2. The molecule has 1 aliphatic rings. The van der Waals surface area contributed by atoms with Gasteiger partial charge in [0.15, 0.2) is 14.8 Å². The Balaban J connectivity index is 1.91. The summed E-state index contributed by atoms with van der Waals surface area (Å²) in [5, 5.41) is 11.2. The number of thiazole rings is 1. The van der Waals surface area contributed by atoms with Crippen molar-refractivity contribution in [2.75, 3.05) is 11.5 Å². The van der Waals surface area contributed by atoms with Crippen molar-refractivity contribution in [2.45, 2.75) is 12.8 Å². The molecule has 1 aliphatic heterocycles. The second-order valence-corrected chi connectivity index (χ2v) is 7.79. The zero-order valence-electron chi connectivity index (χ0n) is 9.54. The van der Waals surface area contributed by atoms with Crippen molar-refractivity contribution in [3.05, 3.63) is 23.5 Å². The van der Waals surface area contributed by atoms with Crippen molar-refractivity contribution in [2.24, 2.45) is 5.41 Å². The molecule has 2 aromatic heterocycles. The largest absolute Gasteiger partial charge is 0.297 e. The van der Waals surface area contributed by atoms with Gasteiger partial charge in [-0.25, -0.2) is 13.4 Å². The SMILES string of the molecule is N#CC1(Cc2cn3ccsc3n2)CCS(=O)(=O)C1. The molecule has 1 atom stereocenters. The number of nitrogens with zero attached hydrogens (tertiary/aromatic N) is 3. The van der Waals surface area contributed by atoms with Gasteiger partial charge in [0.2, 0.25) is 0 Å². The molecule has 1 unspecified atom stereocenters. The van der Waals surface area contributed by atoms with E-state index in [0.29, 0.717) is 12.8 Å². The Kier molecular flexibility index (Phi) is 2.47. The van der Waals surface area contributed by atoms with Crippen LogP contribution in [-0.4, -0.2) is 29.3 Å². The molecule has 3 heterocycles. The van der Waals surface area contributed by atoms with E-state index in [1.54, 1.807) is 0 Å². The third kappa shape index (κ3) is 1.91. The van der Waals surface area contributed by atoms with Gasteiger partial charge in [-0.2, -0.15) is 5.26 Å². The molecule has 1 fully saturated rings. The lowest BCUT2D eigenvalue weighted by Gasteiger charge is -2.16. The maximum absolute atomic E-state index is 11.5. The third-order valence-corrected chi connectivity index (χ3v) is 5.88. The van der Waals surface area contributed by atoms with Crippen LogP contribution in [-0.2, 0) is 16.3 Å². The van der Waals surface area contributed by atoms with Crippen LogP contribution in [0.1, 0.15) is 12.1 Å². The van der Waals surface area contributed by atoms with E-state index >= 15 is 0 Å². The third-order valence-electron chi connectivity index (χ3n) is 3.29. The predicted molar refractivity (Wildman–Crippen MR) is 68.1 cm³/mol. The highest BCUT2D eigenvalue weighted by Gasteiger charge is 2.43. The highest BCUT2D eigenvalue weighted by atomic mass is 32.2. The van der Waals surface area contributed by atoms with Crippen molar-refractivity contribution in [1.29, 1.82) is 5.26 Å². The molecule has 94 valence electrons. The molecule has 18 heavy (non-hydrogen) atoms. The minimum atomic E-state index is -3.06. The summed E-state index contributed by atoms with van der Waals surface area (Å²) in [7, 11) is -3.06. The fourth-order valence-corrected chi connectivity index (χ4v) is 5.11. The average molecular weight is 281 g/mol. The Labute approximate surface area is 109 Å². The van der Waals surface area contributed by atoms with Gasteiger partial charge in [-0.3, -0.25) is 4.40 Å². The van der Waals surface area contributed by atoms with Gasteiger partial charge in [0.25, 0.3) is 0 Å². The second kappa shape index (κ2) is 3.80. The first-order valence-electron chi connectivity index (χ1n) is 5.55. The Morgan fingerprint density at radius 1 is 1.61 bits per heavy atom. The minimum absolute atomic E-state index is 0.0400. The van der Waals surface area contributed by atoms with Gasteiger partial charge >= 0.3 is 0 Å². The van der Waals surface area contributed by atoms with Crippen LogP contribution in [0.3, 0.4) is 0 Å². The number of imidazole rings is 1. The lowest BCUT2D eigenvalue weighted by atomic mass is 9.85. The van der Waals surface area contributed by atoms with Crippen LogP contribution in [0.15, 0.2) is 17.8 Å². The Morgan fingerprint density at radius 3 is 3.06 bits per heavy atom. The van der Waals surface area contributed by atoms with E-state index < -0.39 is 15.3 Å². The Bertz CT molecular complexity index is 709. The van der Waals surface area contributed by atoms with Gasteiger partial charge in [0, 0.05) is 24.2 Å².